The Balaban J connectivity index is 1.68. The normalized spacial score (nSPS) is 29.6. The molecule has 1 saturated carbocycles. The monoisotopic (exact) mass is 210 g/mol. The van der Waals surface area contributed by atoms with Gasteiger partial charge in [-0.25, -0.2) is 0 Å². The van der Waals surface area contributed by atoms with Gasteiger partial charge in [0, 0.05) is 13.1 Å². The van der Waals surface area contributed by atoms with Gasteiger partial charge in [-0.2, -0.15) is 0 Å². The molecule has 1 aliphatic heterocycles. The van der Waals surface area contributed by atoms with Crippen molar-refractivity contribution in [1.29, 1.82) is 0 Å². The molecule has 0 radical (unpaired) electrons. The first kappa shape index (κ1) is 11.4. The molecule has 1 unspecified atom stereocenters. The van der Waals surface area contributed by atoms with Crippen LogP contribution in [0.3, 0.4) is 0 Å². The molecule has 0 aromatic carbocycles. The highest BCUT2D eigenvalue weighted by atomic mass is 15.2. The van der Waals surface area contributed by atoms with Crippen molar-refractivity contribution in [3.8, 4) is 0 Å². The minimum atomic E-state index is 0.743. The maximum atomic E-state index is 3.48. The first-order valence-corrected chi connectivity index (χ1v) is 6.71. The van der Waals surface area contributed by atoms with Gasteiger partial charge in [0.25, 0.3) is 0 Å². The van der Waals surface area contributed by atoms with E-state index in [0.29, 0.717) is 0 Å². The molecule has 0 spiro atoms. The minimum absolute atomic E-state index is 0.743. The third kappa shape index (κ3) is 2.94. The average Bonchev–Trinajstić information content (AvgIpc) is 2.88. The Morgan fingerprint density at radius 3 is 2.73 bits per heavy atom. The summed E-state index contributed by atoms with van der Waals surface area (Å²) in [6.07, 6.45) is 5.77. The van der Waals surface area contributed by atoms with Crippen molar-refractivity contribution >= 4 is 0 Å². The molecule has 2 aliphatic rings. The Bertz CT molecular complexity index is 199. The molecule has 1 aliphatic carbocycles. The lowest BCUT2D eigenvalue weighted by molar-refractivity contribution is 0.250. The molecule has 0 aromatic rings. The summed E-state index contributed by atoms with van der Waals surface area (Å²) in [5, 5.41) is 3.48. The van der Waals surface area contributed by atoms with Crippen LogP contribution in [0.1, 0.15) is 39.5 Å². The van der Waals surface area contributed by atoms with Crippen LogP contribution in [0, 0.1) is 11.3 Å². The van der Waals surface area contributed by atoms with Crippen LogP contribution in [0.5, 0.6) is 0 Å². The van der Waals surface area contributed by atoms with Crippen LogP contribution in [0.2, 0.25) is 0 Å². The van der Waals surface area contributed by atoms with E-state index in [0.717, 1.165) is 17.9 Å². The van der Waals surface area contributed by atoms with Crippen molar-refractivity contribution in [1.82, 2.24) is 10.2 Å². The van der Waals surface area contributed by atoms with E-state index in [1.165, 1.54) is 51.9 Å². The van der Waals surface area contributed by atoms with Gasteiger partial charge in [0.2, 0.25) is 0 Å². The van der Waals surface area contributed by atoms with E-state index in [-0.39, 0.29) is 0 Å². The minimum Gasteiger partial charge on any atom is -0.317 e. The predicted octanol–water partition coefficient (Wildman–Crippen LogP) is 2.11. The second-order valence-corrected chi connectivity index (χ2v) is 5.55. The number of hydrogen-bond acceptors (Lipinski definition) is 2. The summed E-state index contributed by atoms with van der Waals surface area (Å²) in [6, 6.07) is 0. The highest BCUT2D eigenvalue weighted by molar-refractivity contribution is 4.95. The van der Waals surface area contributed by atoms with Crippen molar-refractivity contribution in [2.24, 2.45) is 11.3 Å². The van der Waals surface area contributed by atoms with E-state index in [2.05, 4.69) is 24.1 Å². The van der Waals surface area contributed by atoms with Gasteiger partial charge >= 0.3 is 0 Å². The number of likely N-dealkylation sites (tertiary alicyclic amines) is 1. The molecule has 0 amide bonds. The molecular weight excluding hydrogens is 184 g/mol. The van der Waals surface area contributed by atoms with E-state index >= 15 is 0 Å². The van der Waals surface area contributed by atoms with Crippen molar-refractivity contribution in [2.45, 2.75) is 39.5 Å². The topological polar surface area (TPSA) is 15.3 Å². The maximum Gasteiger partial charge on any atom is 0.00380 e. The number of nitrogens with zero attached hydrogens (tertiary/aromatic N) is 1. The molecule has 2 rings (SSSR count). The van der Waals surface area contributed by atoms with Crippen LogP contribution in [0.4, 0.5) is 0 Å². The van der Waals surface area contributed by atoms with Crippen LogP contribution >= 0.6 is 0 Å². The van der Waals surface area contributed by atoms with E-state index in [4.69, 9.17) is 0 Å². The smallest absolute Gasteiger partial charge is 0.00380 e. The maximum absolute atomic E-state index is 3.48. The van der Waals surface area contributed by atoms with Gasteiger partial charge in [-0.3, -0.25) is 0 Å². The van der Waals surface area contributed by atoms with Crippen LogP contribution in [0.15, 0.2) is 0 Å². The van der Waals surface area contributed by atoms with Crippen LogP contribution in [0.25, 0.3) is 0 Å². The van der Waals surface area contributed by atoms with Gasteiger partial charge < -0.3 is 10.2 Å². The Morgan fingerprint density at radius 1 is 1.33 bits per heavy atom. The van der Waals surface area contributed by atoms with E-state index in [1.54, 1.807) is 0 Å². The molecule has 1 heterocycles. The van der Waals surface area contributed by atoms with Gasteiger partial charge in [0.05, 0.1) is 0 Å². The fourth-order valence-electron chi connectivity index (χ4n) is 2.85. The van der Waals surface area contributed by atoms with Crippen molar-refractivity contribution in [3.05, 3.63) is 0 Å². The Labute approximate surface area is 94.4 Å². The molecule has 2 nitrogen and oxygen atoms in total. The summed E-state index contributed by atoms with van der Waals surface area (Å²) < 4.78 is 0. The zero-order valence-corrected chi connectivity index (χ0v) is 10.4. The van der Waals surface area contributed by atoms with Crippen LogP contribution in [-0.2, 0) is 0 Å². The first-order chi connectivity index (χ1) is 7.28. The number of nitrogens with one attached hydrogen (secondary N) is 1. The largest absolute Gasteiger partial charge is 0.317 e. The highest BCUT2D eigenvalue weighted by Gasteiger charge is 2.42. The third-order valence-corrected chi connectivity index (χ3v) is 4.32. The zero-order valence-electron chi connectivity index (χ0n) is 10.4. The summed E-state index contributed by atoms with van der Waals surface area (Å²) in [4.78, 5) is 2.71. The molecule has 2 heteroatoms. The number of rotatable bonds is 6. The fraction of sp³-hybridized carbons (Fsp3) is 1.00. The van der Waals surface area contributed by atoms with E-state index in [1.807, 2.05) is 0 Å². The molecule has 1 atom stereocenters. The lowest BCUT2D eigenvalue weighted by atomic mass is 10.0. The summed E-state index contributed by atoms with van der Waals surface area (Å²) in [5.41, 5.74) is 0.743. The predicted molar refractivity (Wildman–Crippen MR) is 65.0 cm³/mol. The summed E-state index contributed by atoms with van der Waals surface area (Å²) >= 11 is 0. The van der Waals surface area contributed by atoms with Gasteiger partial charge in [-0.1, -0.05) is 13.8 Å². The van der Waals surface area contributed by atoms with Crippen LogP contribution in [-0.4, -0.2) is 37.6 Å². The quantitative estimate of drug-likeness (QED) is 0.722. The Hall–Kier alpha value is -0.0800. The van der Waals surface area contributed by atoms with Gasteiger partial charge in [-0.05, 0) is 56.7 Å². The standard InChI is InChI=1S/C13H26N2/c1-3-13(6-7-13)11-15-8-5-12(10-15)9-14-4-2/h12,14H,3-11H2,1-2H3. The summed E-state index contributed by atoms with van der Waals surface area (Å²) in [5.74, 6) is 0.914. The number of hydrogen-bond donors (Lipinski definition) is 1. The molecule has 0 aromatic heterocycles. The zero-order chi connectivity index (χ0) is 10.7. The van der Waals surface area contributed by atoms with Gasteiger partial charge in [-0.15, -0.1) is 0 Å². The molecular formula is C13H26N2. The van der Waals surface area contributed by atoms with Crippen molar-refractivity contribution < 1.29 is 0 Å². The van der Waals surface area contributed by atoms with Gasteiger partial charge in [0.1, 0.15) is 0 Å². The van der Waals surface area contributed by atoms with Crippen molar-refractivity contribution in [2.75, 3.05) is 32.7 Å². The highest BCUT2D eigenvalue weighted by Crippen LogP contribution is 2.49. The summed E-state index contributed by atoms with van der Waals surface area (Å²) in [7, 11) is 0. The Kier molecular flexibility index (Phi) is 3.68. The van der Waals surface area contributed by atoms with E-state index < -0.39 is 0 Å². The lowest BCUT2D eigenvalue weighted by Gasteiger charge is -2.22. The average molecular weight is 210 g/mol. The van der Waals surface area contributed by atoms with Crippen molar-refractivity contribution in [3.63, 3.8) is 0 Å². The third-order valence-electron chi connectivity index (χ3n) is 4.32. The molecule has 88 valence electrons. The van der Waals surface area contributed by atoms with Crippen LogP contribution < -0.4 is 5.32 Å². The molecule has 0 bridgehead atoms. The van der Waals surface area contributed by atoms with Gasteiger partial charge in [0.15, 0.2) is 0 Å². The Morgan fingerprint density at radius 2 is 2.13 bits per heavy atom. The molecule has 1 N–H and O–H groups in total. The first-order valence-electron chi connectivity index (χ1n) is 6.71. The fourth-order valence-corrected chi connectivity index (χ4v) is 2.85. The second kappa shape index (κ2) is 4.84. The second-order valence-electron chi connectivity index (χ2n) is 5.55. The van der Waals surface area contributed by atoms with E-state index in [9.17, 15) is 0 Å². The summed E-state index contributed by atoms with van der Waals surface area (Å²) in [6.45, 7) is 11.0. The molecule has 15 heavy (non-hydrogen) atoms. The molecule has 2 fully saturated rings. The lowest BCUT2D eigenvalue weighted by Crippen LogP contribution is -2.30. The molecule has 1 saturated heterocycles. The SMILES string of the molecule is CCNCC1CCN(CC2(CC)CC2)C1.